The summed E-state index contributed by atoms with van der Waals surface area (Å²) in [6.45, 7) is 0. The fourth-order valence-electron chi connectivity index (χ4n) is 2.80. The van der Waals surface area contributed by atoms with Gasteiger partial charge in [-0.25, -0.2) is 4.40 Å². The van der Waals surface area contributed by atoms with Crippen molar-refractivity contribution < 1.29 is 4.79 Å². The van der Waals surface area contributed by atoms with E-state index in [1.165, 1.54) is 11.9 Å². The Bertz CT molecular complexity index is 916. The molecule has 0 radical (unpaired) electrons. The topological polar surface area (TPSA) is 29.4 Å². The van der Waals surface area contributed by atoms with Crippen LogP contribution in [-0.4, -0.2) is 12.0 Å². The lowest BCUT2D eigenvalue weighted by atomic mass is 9.91. The minimum atomic E-state index is 0.0414. The summed E-state index contributed by atoms with van der Waals surface area (Å²) in [4.78, 5) is 14.0. The van der Waals surface area contributed by atoms with Crippen LogP contribution in [0.25, 0.3) is 11.1 Å². The molecule has 3 aromatic rings. The summed E-state index contributed by atoms with van der Waals surface area (Å²) in [6.07, 6.45) is 1.86. The predicted octanol–water partition coefficient (Wildman–Crippen LogP) is 5.02. The SMILES string of the molecule is O=C(c1ccccc1)c1cccc2c1-c1ccccc1C=NS2. The number of carbonyl (C=O) groups is 1. The zero-order valence-corrected chi connectivity index (χ0v) is 13.1. The molecule has 110 valence electrons. The summed E-state index contributed by atoms with van der Waals surface area (Å²) in [5.74, 6) is 0.0414. The Hall–Kier alpha value is -2.65. The molecule has 0 bridgehead atoms. The molecule has 2 nitrogen and oxygen atoms in total. The number of hydrogen-bond donors (Lipinski definition) is 0. The lowest BCUT2D eigenvalue weighted by Gasteiger charge is -2.13. The van der Waals surface area contributed by atoms with Gasteiger partial charge >= 0.3 is 0 Å². The van der Waals surface area contributed by atoms with Gasteiger partial charge in [0.2, 0.25) is 0 Å². The van der Waals surface area contributed by atoms with Crippen LogP contribution in [0.4, 0.5) is 0 Å². The number of rotatable bonds is 2. The lowest BCUT2D eigenvalue weighted by molar-refractivity contribution is 0.103. The van der Waals surface area contributed by atoms with Crippen LogP contribution in [0.3, 0.4) is 0 Å². The molecule has 0 unspecified atom stereocenters. The van der Waals surface area contributed by atoms with Crippen LogP contribution in [0.5, 0.6) is 0 Å². The van der Waals surface area contributed by atoms with E-state index >= 15 is 0 Å². The molecule has 0 amide bonds. The molecule has 0 fully saturated rings. The van der Waals surface area contributed by atoms with Crippen molar-refractivity contribution in [1.29, 1.82) is 0 Å². The standard InChI is InChI=1S/C20H13NOS/c22-20(14-7-2-1-3-8-14)17-11-6-12-18-19(17)16-10-5-4-9-15(16)13-21-23-18/h1-13H. The summed E-state index contributed by atoms with van der Waals surface area (Å²) in [6, 6.07) is 23.3. The Balaban J connectivity index is 1.95. The van der Waals surface area contributed by atoms with Crippen molar-refractivity contribution in [3.8, 4) is 11.1 Å². The number of fused-ring (bicyclic) bond motifs is 3. The van der Waals surface area contributed by atoms with Gasteiger partial charge in [-0.1, -0.05) is 66.7 Å². The van der Waals surface area contributed by atoms with Gasteiger partial charge < -0.3 is 0 Å². The molecule has 1 aliphatic rings. The van der Waals surface area contributed by atoms with Gasteiger partial charge in [0.05, 0.1) is 0 Å². The second-order valence-electron chi connectivity index (χ2n) is 5.29. The molecular formula is C20H13NOS. The number of nitrogens with zero attached hydrogens (tertiary/aromatic N) is 1. The largest absolute Gasteiger partial charge is 0.289 e. The molecule has 23 heavy (non-hydrogen) atoms. The minimum absolute atomic E-state index is 0.0414. The van der Waals surface area contributed by atoms with E-state index in [1.807, 2.05) is 79.0 Å². The van der Waals surface area contributed by atoms with Crippen LogP contribution in [0.15, 0.2) is 82.1 Å². The van der Waals surface area contributed by atoms with E-state index in [-0.39, 0.29) is 5.78 Å². The summed E-state index contributed by atoms with van der Waals surface area (Å²) in [5, 5.41) is 0. The van der Waals surface area contributed by atoms with Crippen LogP contribution in [-0.2, 0) is 0 Å². The molecule has 0 aromatic heterocycles. The van der Waals surface area contributed by atoms with Crippen LogP contribution >= 0.6 is 11.9 Å². The Kier molecular flexibility index (Phi) is 3.56. The van der Waals surface area contributed by atoms with E-state index < -0.39 is 0 Å². The molecule has 0 atom stereocenters. The molecule has 1 heterocycles. The maximum Gasteiger partial charge on any atom is 0.193 e. The van der Waals surface area contributed by atoms with Crippen molar-refractivity contribution >= 4 is 23.9 Å². The van der Waals surface area contributed by atoms with Crippen LogP contribution in [0, 0.1) is 0 Å². The van der Waals surface area contributed by atoms with Crippen LogP contribution in [0.1, 0.15) is 21.5 Å². The first kappa shape index (κ1) is 14.0. The highest BCUT2D eigenvalue weighted by molar-refractivity contribution is 7.98. The number of hydrogen-bond acceptors (Lipinski definition) is 3. The molecule has 0 spiro atoms. The molecule has 0 saturated heterocycles. The smallest absolute Gasteiger partial charge is 0.193 e. The Labute approximate surface area is 139 Å². The predicted molar refractivity (Wildman–Crippen MR) is 95.2 cm³/mol. The van der Waals surface area contributed by atoms with Crippen molar-refractivity contribution in [2.75, 3.05) is 0 Å². The van der Waals surface area contributed by atoms with Gasteiger partial charge in [-0.2, -0.15) is 0 Å². The van der Waals surface area contributed by atoms with Gasteiger partial charge in [-0.3, -0.25) is 4.79 Å². The molecule has 0 saturated carbocycles. The maximum atomic E-state index is 13.0. The third kappa shape index (κ3) is 2.49. The normalized spacial score (nSPS) is 12.2. The fourth-order valence-corrected chi connectivity index (χ4v) is 3.53. The fraction of sp³-hybridized carbons (Fsp3) is 0. The summed E-state index contributed by atoms with van der Waals surface area (Å²) in [7, 11) is 0. The quantitative estimate of drug-likeness (QED) is 0.490. The average molecular weight is 315 g/mol. The monoisotopic (exact) mass is 315 g/mol. The van der Waals surface area contributed by atoms with Gasteiger partial charge in [0.15, 0.2) is 5.78 Å². The molecular weight excluding hydrogens is 302 g/mol. The zero-order chi connectivity index (χ0) is 15.6. The highest BCUT2D eigenvalue weighted by Crippen LogP contribution is 2.39. The van der Waals surface area contributed by atoms with Gasteiger partial charge in [-0.05, 0) is 11.6 Å². The molecule has 0 N–H and O–H groups in total. The third-order valence-corrected chi connectivity index (χ3v) is 4.63. The van der Waals surface area contributed by atoms with Crippen molar-refractivity contribution in [1.82, 2.24) is 0 Å². The first-order chi connectivity index (χ1) is 11.3. The number of carbonyl (C=O) groups excluding carboxylic acids is 1. The zero-order valence-electron chi connectivity index (χ0n) is 12.3. The Morgan fingerprint density at radius 3 is 2.48 bits per heavy atom. The second kappa shape index (κ2) is 5.86. The van der Waals surface area contributed by atoms with E-state index in [0.717, 1.165) is 27.1 Å². The summed E-state index contributed by atoms with van der Waals surface area (Å²) < 4.78 is 4.41. The summed E-state index contributed by atoms with van der Waals surface area (Å²) >= 11 is 1.41. The average Bonchev–Trinajstić information content (AvgIpc) is 2.81. The third-order valence-electron chi connectivity index (χ3n) is 3.88. The molecule has 3 heteroatoms. The number of benzene rings is 3. The highest BCUT2D eigenvalue weighted by atomic mass is 32.2. The minimum Gasteiger partial charge on any atom is -0.289 e. The summed E-state index contributed by atoms with van der Waals surface area (Å²) in [5.41, 5.74) is 4.48. The lowest BCUT2D eigenvalue weighted by Crippen LogP contribution is -2.04. The van der Waals surface area contributed by atoms with Gasteiger partial charge in [-0.15, -0.1) is 0 Å². The molecule has 4 rings (SSSR count). The first-order valence-corrected chi connectivity index (χ1v) is 8.14. The van der Waals surface area contributed by atoms with Gasteiger partial charge in [0.1, 0.15) is 0 Å². The van der Waals surface area contributed by atoms with Crippen LogP contribution < -0.4 is 0 Å². The van der Waals surface area contributed by atoms with E-state index in [4.69, 9.17) is 0 Å². The number of ketones is 1. The second-order valence-corrected chi connectivity index (χ2v) is 6.12. The maximum absolute atomic E-state index is 13.0. The van der Waals surface area contributed by atoms with E-state index in [2.05, 4.69) is 4.40 Å². The van der Waals surface area contributed by atoms with Gasteiger partial charge in [0.25, 0.3) is 0 Å². The van der Waals surface area contributed by atoms with E-state index in [0.29, 0.717) is 5.56 Å². The molecule has 1 aliphatic heterocycles. The van der Waals surface area contributed by atoms with Crippen molar-refractivity contribution in [3.05, 3.63) is 89.5 Å². The van der Waals surface area contributed by atoms with Crippen molar-refractivity contribution in [3.63, 3.8) is 0 Å². The van der Waals surface area contributed by atoms with E-state index in [1.54, 1.807) is 0 Å². The van der Waals surface area contributed by atoms with Crippen molar-refractivity contribution in [2.45, 2.75) is 4.90 Å². The Morgan fingerprint density at radius 1 is 0.826 bits per heavy atom. The highest BCUT2D eigenvalue weighted by Gasteiger charge is 2.20. The van der Waals surface area contributed by atoms with Crippen LogP contribution in [0.2, 0.25) is 0 Å². The molecule has 0 aliphatic carbocycles. The Morgan fingerprint density at radius 2 is 1.61 bits per heavy atom. The van der Waals surface area contributed by atoms with E-state index in [9.17, 15) is 4.79 Å². The first-order valence-electron chi connectivity index (χ1n) is 7.37. The van der Waals surface area contributed by atoms with Crippen molar-refractivity contribution in [2.24, 2.45) is 4.40 Å². The molecule has 3 aromatic carbocycles. The van der Waals surface area contributed by atoms with Gasteiger partial charge in [0, 0.05) is 45.3 Å².